The smallest absolute Gasteiger partial charge is 0.338 e. The number of hydrogen-bond acceptors (Lipinski definition) is 2. The van der Waals surface area contributed by atoms with Crippen LogP contribution >= 0.6 is 15.9 Å². The fourth-order valence-corrected chi connectivity index (χ4v) is 2.16. The molecule has 0 aromatic heterocycles. The zero-order chi connectivity index (χ0) is 11.5. The molecule has 0 fully saturated rings. The van der Waals surface area contributed by atoms with Crippen molar-refractivity contribution in [1.29, 1.82) is 0 Å². The van der Waals surface area contributed by atoms with Gasteiger partial charge in [-0.3, -0.25) is 0 Å². The predicted octanol–water partition coefficient (Wildman–Crippen LogP) is 3.52. The highest BCUT2D eigenvalue weighted by Gasteiger charge is 2.11. The minimum absolute atomic E-state index is 0.291. The van der Waals surface area contributed by atoms with Crippen molar-refractivity contribution in [3.63, 3.8) is 0 Å². The van der Waals surface area contributed by atoms with Crippen molar-refractivity contribution in [2.75, 3.05) is 7.11 Å². The molecule has 3 heteroatoms. The molecule has 0 N–H and O–H groups in total. The van der Waals surface area contributed by atoms with Crippen LogP contribution in [0.3, 0.4) is 0 Å². The van der Waals surface area contributed by atoms with Gasteiger partial charge in [0, 0.05) is 5.33 Å². The monoisotopic (exact) mass is 278 g/mol. The number of alkyl halides is 1. The highest BCUT2D eigenvalue weighted by molar-refractivity contribution is 9.08. The summed E-state index contributed by atoms with van der Waals surface area (Å²) < 4.78 is 4.77. The molecule has 0 amide bonds. The zero-order valence-electron chi connectivity index (χ0n) is 8.87. The predicted molar refractivity (Wildman–Crippen MR) is 67.9 cm³/mol. The van der Waals surface area contributed by atoms with E-state index in [1.54, 1.807) is 0 Å². The summed E-state index contributed by atoms with van der Waals surface area (Å²) in [4.78, 5) is 11.6. The second-order valence-corrected chi connectivity index (χ2v) is 4.04. The van der Waals surface area contributed by atoms with Crippen LogP contribution in [0, 0.1) is 0 Å². The van der Waals surface area contributed by atoms with Crippen molar-refractivity contribution in [1.82, 2.24) is 0 Å². The first kappa shape index (κ1) is 11.1. The van der Waals surface area contributed by atoms with Gasteiger partial charge in [-0.1, -0.05) is 40.2 Å². The van der Waals surface area contributed by atoms with Crippen molar-refractivity contribution < 1.29 is 9.53 Å². The van der Waals surface area contributed by atoms with Crippen LogP contribution in [-0.4, -0.2) is 13.1 Å². The Balaban J connectivity index is 2.67. The number of halogens is 1. The number of ether oxygens (including phenoxy) is 1. The van der Waals surface area contributed by atoms with Crippen LogP contribution in [0.15, 0.2) is 36.4 Å². The van der Waals surface area contributed by atoms with Gasteiger partial charge in [-0.15, -0.1) is 0 Å². The van der Waals surface area contributed by atoms with Crippen LogP contribution in [-0.2, 0) is 10.1 Å². The lowest BCUT2D eigenvalue weighted by Crippen LogP contribution is -2.04. The summed E-state index contributed by atoms with van der Waals surface area (Å²) in [6.07, 6.45) is 0. The van der Waals surface area contributed by atoms with E-state index < -0.39 is 0 Å². The van der Waals surface area contributed by atoms with E-state index in [1.807, 2.05) is 36.4 Å². The molecule has 0 bridgehead atoms. The van der Waals surface area contributed by atoms with Gasteiger partial charge in [0.15, 0.2) is 0 Å². The van der Waals surface area contributed by atoms with Gasteiger partial charge in [0.2, 0.25) is 0 Å². The Morgan fingerprint density at radius 1 is 1.25 bits per heavy atom. The summed E-state index contributed by atoms with van der Waals surface area (Å²) in [5.74, 6) is -0.291. The van der Waals surface area contributed by atoms with Gasteiger partial charge in [0.25, 0.3) is 0 Å². The van der Waals surface area contributed by atoms with E-state index in [4.69, 9.17) is 4.74 Å². The van der Waals surface area contributed by atoms with Crippen LogP contribution in [0.2, 0.25) is 0 Å². The molecule has 0 spiro atoms. The second-order valence-electron chi connectivity index (χ2n) is 3.48. The molecule has 2 rings (SSSR count). The van der Waals surface area contributed by atoms with Gasteiger partial charge in [0.05, 0.1) is 12.7 Å². The van der Waals surface area contributed by atoms with Crippen LogP contribution in [0.4, 0.5) is 0 Å². The summed E-state index contributed by atoms with van der Waals surface area (Å²) >= 11 is 3.38. The topological polar surface area (TPSA) is 26.3 Å². The molecule has 0 radical (unpaired) electrons. The van der Waals surface area contributed by atoms with Gasteiger partial charge < -0.3 is 4.74 Å². The third-order valence-corrected chi connectivity index (χ3v) is 3.12. The highest BCUT2D eigenvalue weighted by atomic mass is 79.9. The first-order valence-electron chi connectivity index (χ1n) is 4.92. The third kappa shape index (κ3) is 1.95. The van der Waals surface area contributed by atoms with Gasteiger partial charge in [0.1, 0.15) is 0 Å². The molecule has 82 valence electrons. The van der Waals surface area contributed by atoms with Crippen molar-refractivity contribution in [3.05, 3.63) is 47.5 Å². The van der Waals surface area contributed by atoms with E-state index in [-0.39, 0.29) is 5.97 Å². The summed E-state index contributed by atoms with van der Waals surface area (Å²) in [5.41, 5.74) is 1.57. The van der Waals surface area contributed by atoms with Crippen LogP contribution in [0.1, 0.15) is 15.9 Å². The number of methoxy groups -OCH3 is 1. The molecule has 0 saturated heterocycles. The van der Waals surface area contributed by atoms with Gasteiger partial charge in [-0.05, 0) is 28.5 Å². The number of carbonyl (C=O) groups is 1. The lowest BCUT2D eigenvalue weighted by Gasteiger charge is -2.07. The van der Waals surface area contributed by atoms with E-state index in [1.165, 1.54) is 7.11 Å². The molecular formula is C13H11BrO2. The Morgan fingerprint density at radius 3 is 2.44 bits per heavy atom. The molecule has 0 heterocycles. The number of esters is 1. The lowest BCUT2D eigenvalue weighted by molar-refractivity contribution is 0.0600. The molecular weight excluding hydrogens is 268 g/mol. The first-order chi connectivity index (χ1) is 7.76. The molecule has 2 aromatic rings. The number of carbonyl (C=O) groups excluding carboxylic acids is 1. The van der Waals surface area contributed by atoms with Crippen LogP contribution in [0.25, 0.3) is 10.8 Å². The largest absolute Gasteiger partial charge is 0.465 e. The number of fused-ring (bicyclic) bond motifs is 1. The third-order valence-electron chi connectivity index (χ3n) is 2.52. The SMILES string of the molecule is COC(=O)c1cc2ccccc2cc1CBr. The Hall–Kier alpha value is -1.35. The average Bonchev–Trinajstić information content (AvgIpc) is 2.36. The van der Waals surface area contributed by atoms with E-state index in [9.17, 15) is 4.79 Å². The Morgan fingerprint density at radius 2 is 1.88 bits per heavy atom. The summed E-state index contributed by atoms with van der Waals surface area (Å²) in [6.45, 7) is 0. The molecule has 16 heavy (non-hydrogen) atoms. The van der Waals surface area contributed by atoms with Gasteiger partial charge in [-0.2, -0.15) is 0 Å². The minimum Gasteiger partial charge on any atom is -0.465 e. The Bertz CT molecular complexity index is 534. The highest BCUT2D eigenvalue weighted by Crippen LogP contribution is 2.22. The first-order valence-corrected chi connectivity index (χ1v) is 6.04. The maximum Gasteiger partial charge on any atom is 0.338 e. The summed E-state index contributed by atoms with van der Waals surface area (Å²) in [7, 11) is 1.40. The van der Waals surface area contributed by atoms with E-state index in [0.29, 0.717) is 10.9 Å². The van der Waals surface area contributed by atoms with Crippen LogP contribution in [0.5, 0.6) is 0 Å². The maximum absolute atomic E-state index is 11.6. The quantitative estimate of drug-likeness (QED) is 0.621. The van der Waals surface area contributed by atoms with Gasteiger partial charge in [-0.25, -0.2) is 4.79 Å². The minimum atomic E-state index is -0.291. The van der Waals surface area contributed by atoms with Crippen molar-refractivity contribution in [2.24, 2.45) is 0 Å². The molecule has 2 aromatic carbocycles. The van der Waals surface area contributed by atoms with E-state index in [0.717, 1.165) is 16.3 Å². The Kier molecular flexibility index (Phi) is 3.25. The zero-order valence-corrected chi connectivity index (χ0v) is 10.5. The number of hydrogen-bond donors (Lipinski definition) is 0. The molecule has 0 saturated carbocycles. The average molecular weight is 279 g/mol. The normalized spacial score (nSPS) is 10.4. The van der Waals surface area contributed by atoms with Crippen LogP contribution < -0.4 is 0 Å². The molecule has 0 atom stereocenters. The lowest BCUT2D eigenvalue weighted by atomic mass is 10.0. The Labute approximate surface area is 102 Å². The molecule has 0 unspecified atom stereocenters. The van der Waals surface area contributed by atoms with Gasteiger partial charge >= 0.3 is 5.97 Å². The molecule has 2 nitrogen and oxygen atoms in total. The van der Waals surface area contributed by atoms with E-state index in [2.05, 4.69) is 15.9 Å². The second kappa shape index (κ2) is 4.66. The summed E-state index contributed by atoms with van der Waals surface area (Å²) in [5, 5.41) is 2.82. The van der Waals surface area contributed by atoms with E-state index >= 15 is 0 Å². The number of benzene rings is 2. The fraction of sp³-hybridized carbons (Fsp3) is 0.154. The molecule has 0 aliphatic carbocycles. The van der Waals surface area contributed by atoms with Crippen molar-refractivity contribution >= 4 is 32.7 Å². The fourth-order valence-electron chi connectivity index (χ4n) is 1.70. The molecule has 0 aliphatic rings. The van der Waals surface area contributed by atoms with Crippen molar-refractivity contribution in [2.45, 2.75) is 5.33 Å². The standard InChI is InChI=1S/C13H11BrO2/c1-16-13(15)12-7-10-5-3-2-4-9(10)6-11(12)8-14/h2-7H,8H2,1H3. The number of rotatable bonds is 2. The maximum atomic E-state index is 11.6. The van der Waals surface area contributed by atoms with Crippen molar-refractivity contribution in [3.8, 4) is 0 Å². The molecule has 0 aliphatic heterocycles. The summed E-state index contributed by atoms with van der Waals surface area (Å²) in [6, 6.07) is 11.8.